The average molecular weight is 271 g/mol. The summed E-state index contributed by atoms with van der Waals surface area (Å²) in [6.07, 6.45) is 2.07. The third-order valence-electron chi connectivity index (χ3n) is 3.56. The maximum Gasteiger partial charge on any atom is 0.315 e. The van der Waals surface area contributed by atoms with Crippen LogP contribution in [0.15, 0.2) is 0 Å². The molecule has 114 valence electrons. The highest BCUT2D eigenvalue weighted by Gasteiger charge is 2.18. The Labute approximate surface area is 119 Å². The van der Waals surface area contributed by atoms with Crippen LogP contribution in [-0.2, 0) is 0 Å². The predicted molar refractivity (Wildman–Crippen MR) is 82.5 cm³/mol. The summed E-state index contributed by atoms with van der Waals surface area (Å²) in [5.74, 6) is 0.644. The van der Waals surface area contributed by atoms with E-state index in [1.807, 2.05) is 6.92 Å². The molecule has 0 aliphatic rings. The zero-order chi connectivity index (χ0) is 14.8. The summed E-state index contributed by atoms with van der Waals surface area (Å²) in [7, 11) is 0. The van der Waals surface area contributed by atoms with Crippen LogP contribution >= 0.6 is 0 Å². The van der Waals surface area contributed by atoms with Gasteiger partial charge in [-0.25, -0.2) is 4.79 Å². The first-order valence-electron chi connectivity index (χ1n) is 7.72. The summed E-state index contributed by atoms with van der Waals surface area (Å²) in [4.78, 5) is 14.2. The van der Waals surface area contributed by atoms with Gasteiger partial charge in [-0.05, 0) is 38.8 Å². The summed E-state index contributed by atoms with van der Waals surface area (Å²) in [6, 6.07) is 0.616. The van der Waals surface area contributed by atoms with E-state index in [2.05, 4.69) is 50.2 Å². The van der Waals surface area contributed by atoms with Crippen LogP contribution in [0.3, 0.4) is 0 Å². The fourth-order valence-corrected chi connectivity index (χ4v) is 2.23. The highest BCUT2D eigenvalue weighted by atomic mass is 16.2. The van der Waals surface area contributed by atoms with Crippen molar-refractivity contribution in [2.24, 2.45) is 5.92 Å². The molecule has 0 aromatic carbocycles. The topological polar surface area (TPSA) is 44.4 Å². The number of carbonyl (C=O) groups excluding carboxylic acids is 1. The molecule has 0 bridgehead atoms. The summed E-state index contributed by atoms with van der Waals surface area (Å²) >= 11 is 0. The predicted octanol–water partition coefficient (Wildman–Crippen LogP) is 2.84. The van der Waals surface area contributed by atoms with E-state index < -0.39 is 0 Å². The van der Waals surface area contributed by atoms with Crippen LogP contribution in [0.2, 0.25) is 0 Å². The molecule has 0 aromatic rings. The molecule has 0 aliphatic heterocycles. The Morgan fingerprint density at radius 3 is 2.11 bits per heavy atom. The van der Waals surface area contributed by atoms with Crippen LogP contribution < -0.4 is 10.6 Å². The minimum Gasteiger partial charge on any atom is -0.337 e. The van der Waals surface area contributed by atoms with Gasteiger partial charge in [-0.3, -0.25) is 4.90 Å². The summed E-state index contributed by atoms with van der Waals surface area (Å²) < 4.78 is 0. The largest absolute Gasteiger partial charge is 0.337 e. The van der Waals surface area contributed by atoms with E-state index in [1.165, 1.54) is 0 Å². The lowest BCUT2D eigenvalue weighted by Crippen LogP contribution is -2.48. The lowest BCUT2D eigenvalue weighted by atomic mass is 10.0. The number of nitrogens with zero attached hydrogens (tertiary/aromatic N) is 1. The SMILES string of the molecule is CCC(C)NC(=O)NCC(CC(C)C)N(CC)CC. The number of urea groups is 1. The summed E-state index contributed by atoms with van der Waals surface area (Å²) in [6.45, 7) is 15.7. The van der Waals surface area contributed by atoms with Gasteiger partial charge in [0.1, 0.15) is 0 Å². The third-order valence-corrected chi connectivity index (χ3v) is 3.56. The second-order valence-electron chi connectivity index (χ2n) is 5.67. The van der Waals surface area contributed by atoms with Crippen molar-refractivity contribution in [2.45, 2.75) is 66.5 Å². The molecule has 2 atom stereocenters. The van der Waals surface area contributed by atoms with E-state index >= 15 is 0 Å². The minimum atomic E-state index is -0.0461. The van der Waals surface area contributed by atoms with Gasteiger partial charge in [-0.1, -0.05) is 34.6 Å². The number of amides is 2. The zero-order valence-corrected chi connectivity index (χ0v) is 13.6. The maximum absolute atomic E-state index is 11.8. The quantitative estimate of drug-likeness (QED) is 0.677. The van der Waals surface area contributed by atoms with Gasteiger partial charge in [0.05, 0.1) is 0 Å². The first kappa shape index (κ1) is 18.2. The number of likely N-dealkylation sites (N-methyl/N-ethyl adjacent to an activating group) is 1. The number of nitrogens with one attached hydrogen (secondary N) is 2. The molecule has 0 radical (unpaired) electrons. The first-order valence-corrected chi connectivity index (χ1v) is 7.72. The van der Waals surface area contributed by atoms with Crippen molar-refractivity contribution in [3.8, 4) is 0 Å². The summed E-state index contributed by atoms with van der Waals surface area (Å²) in [5, 5.41) is 5.96. The fourth-order valence-electron chi connectivity index (χ4n) is 2.23. The van der Waals surface area contributed by atoms with E-state index in [9.17, 15) is 4.79 Å². The van der Waals surface area contributed by atoms with E-state index in [0.717, 1.165) is 32.5 Å². The molecule has 2 N–H and O–H groups in total. The molecule has 2 unspecified atom stereocenters. The summed E-state index contributed by atoms with van der Waals surface area (Å²) in [5.41, 5.74) is 0. The highest BCUT2D eigenvalue weighted by Crippen LogP contribution is 2.10. The zero-order valence-electron chi connectivity index (χ0n) is 13.6. The Balaban J connectivity index is 4.28. The van der Waals surface area contributed by atoms with E-state index in [-0.39, 0.29) is 12.1 Å². The van der Waals surface area contributed by atoms with Gasteiger partial charge in [0.15, 0.2) is 0 Å². The van der Waals surface area contributed by atoms with Crippen molar-refractivity contribution < 1.29 is 4.79 Å². The Kier molecular flexibility index (Phi) is 9.66. The minimum absolute atomic E-state index is 0.0461. The van der Waals surface area contributed by atoms with E-state index in [0.29, 0.717) is 12.0 Å². The number of hydrogen-bond acceptors (Lipinski definition) is 2. The molecular weight excluding hydrogens is 238 g/mol. The normalized spacial score (nSPS) is 14.5. The molecule has 0 aromatic heterocycles. The van der Waals surface area contributed by atoms with Crippen molar-refractivity contribution in [2.75, 3.05) is 19.6 Å². The molecule has 4 nitrogen and oxygen atoms in total. The first-order chi connectivity index (χ1) is 8.94. The van der Waals surface area contributed by atoms with Crippen LogP contribution in [0.4, 0.5) is 4.79 Å². The Hall–Kier alpha value is -0.770. The van der Waals surface area contributed by atoms with Gasteiger partial charge in [-0.15, -0.1) is 0 Å². The van der Waals surface area contributed by atoms with Crippen LogP contribution in [0.5, 0.6) is 0 Å². The number of rotatable bonds is 9. The molecule has 0 saturated carbocycles. The van der Waals surface area contributed by atoms with Crippen molar-refractivity contribution in [3.63, 3.8) is 0 Å². The number of hydrogen-bond donors (Lipinski definition) is 2. The van der Waals surface area contributed by atoms with Crippen molar-refractivity contribution in [1.82, 2.24) is 15.5 Å². The average Bonchev–Trinajstić information content (AvgIpc) is 2.36. The van der Waals surface area contributed by atoms with Gasteiger partial charge in [0.2, 0.25) is 0 Å². The van der Waals surface area contributed by atoms with Crippen LogP contribution in [-0.4, -0.2) is 42.6 Å². The molecular formula is C15H33N3O. The van der Waals surface area contributed by atoms with Crippen LogP contribution in [0.1, 0.15) is 54.4 Å². The van der Waals surface area contributed by atoms with Crippen molar-refractivity contribution in [1.29, 1.82) is 0 Å². The lowest BCUT2D eigenvalue weighted by Gasteiger charge is -2.31. The molecule has 0 fully saturated rings. The second-order valence-corrected chi connectivity index (χ2v) is 5.67. The highest BCUT2D eigenvalue weighted by molar-refractivity contribution is 5.74. The molecule has 0 rings (SSSR count). The number of carbonyl (C=O) groups is 1. The van der Waals surface area contributed by atoms with Crippen LogP contribution in [0.25, 0.3) is 0 Å². The van der Waals surface area contributed by atoms with Gasteiger partial charge in [0, 0.05) is 18.6 Å². The standard InChI is InChI=1S/C15H33N3O/c1-7-13(6)17-15(19)16-11-14(10-12(4)5)18(8-2)9-3/h12-14H,7-11H2,1-6H3,(H2,16,17,19). The molecule has 0 heterocycles. The van der Waals surface area contributed by atoms with E-state index in [1.54, 1.807) is 0 Å². The van der Waals surface area contributed by atoms with Crippen LogP contribution in [0, 0.1) is 5.92 Å². The van der Waals surface area contributed by atoms with Gasteiger partial charge < -0.3 is 10.6 Å². The Morgan fingerprint density at radius 1 is 1.11 bits per heavy atom. The van der Waals surface area contributed by atoms with Crippen molar-refractivity contribution in [3.05, 3.63) is 0 Å². The Bertz CT molecular complexity index is 240. The Morgan fingerprint density at radius 2 is 1.68 bits per heavy atom. The van der Waals surface area contributed by atoms with E-state index in [4.69, 9.17) is 0 Å². The molecule has 0 saturated heterocycles. The molecule has 0 spiro atoms. The van der Waals surface area contributed by atoms with Gasteiger partial charge in [-0.2, -0.15) is 0 Å². The molecule has 0 aliphatic carbocycles. The molecule has 2 amide bonds. The monoisotopic (exact) mass is 271 g/mol. The fraction of sp³-hybridized carbons (Fsp3) is 0.933. The smallest absolute Gasteiger partial charge is 0.315 e. The van der Waals surface area contributed by atoms with Gasteiger partial charge >= 0.3 is 6.03 Å². The lowest BCUT2D eigenvalue weighted by molar-refractivity contribution is 0.183. The second kappa shape index (κ2) is 10.1. The van der Waals surface area contributed by atoms with Gasteiger partial charge in [0.25, 0.3) is 0 Å². The molecule has 4 heteroatoms. The van der Waals surface area contributed by atoms with Crippen molar-refractivity contribution >= 4 is 6.03 Å². The maximum atomic E-state index is 11.8. The third kappa shape index (κ3) is 8.09. The molecule has 19 heavy (non-hydrogen) atoms.